The summed E-state index contributed by atoms with van der Waals surface area (Å²) in [7, 11) is 0. The zero-order valence-electron chi connectivity index (χ0n) is 6.94. The zero-order valence-corrected chi connectivity index (χ0v) is 8.52. The lowest BCUT2D eigenvalue weighted by Gasteiger charge is -2.08. The molecule has 0 aliphatic carbocycles. The summed E-state index contributed by atoms with van der Waals surface area (Å²) >= 11 is 3.21. The van der Waals surface area contributed by atoms with Gasteiger partial charge in [-0.3, -0.25) is 0 Å². The summed E-state index contributed by atoms with van der Waals surface area (Å²) in [6, 6.07) is 3.32. The van der Waals surface area contributed by atoms with Crippen LogP contribution in [0.3, 0.4) is 0 Å². The molecule has 1 nitrogen and oxygen atoms in total. The van der Waals surface area contributed by atoms with Crippen molar-refractivity contribution in [2.75, 3.05) is 0 Å². The Hall–Kier alpha value is -0.410. The minimum absolute atomic E-state index is 0.334. The van der Waals surface area contributed by atoms with Crippen LogP contribution in [-0.4, -0.2) is 5.11 Å². The van der Waals surface area contributed by atoms with Crippen LogP contribution >= 0.6 is 15.9 Å². The first-order valence-corrected chi connectivity index (χ1v) is 4.46. The fourth-order valence-electron chi connectivity index (χ4n) is 1.01. The highest BCUT2D eigenvalue weighted by Gasteiger charge is 2.11. The lowest BCUT2D eigenvalue weighted by atomic mass is 10.1. The Morgan fingerprint density at radius 2 is 2.08 bits per heavy atom. The summed E-state index contributed by atoms with van der Waals surface area (Å²) in [5.41, 5.74) is 0.879. The van der Waals surface area contributed by atoms with Crippen molar-refractivity contribution in [1.82, 2.24) is 0 Å². The molecule has 0 saturated heterocycles. The Bertz CT molecular complexity index is 297. The van der Waals surface area contributed by atoms with Crippen LogP contribution in [0, 0.1) is 12.7 Å². The second-order valence-corrected chi connectivity index (χ2v) is 3.61. The molecule has 12 heavy (non-hydrogen) atoms. The maximum Gasteiger partial charge on any atom is 0.133 e. The van der Waals surface area contributed by atoms with E-state index in [1.807, 2.05) is 0 Å². The van der Waals surface area contributed by atoms with Crippen LogP contribution in [0.4, 0.5) is 4.39 Å². The van der Waals surface area contributed by atoms with E-state index in [0.29, 0.717) is 11.1 Å². The molecule has 0 bridgehead atoms. The van der Waals surface area contributed by atoms with Crippen molar-refractivity contribution >= 4 is 15.9 Å². The molecular weight excluding hydrogens is 223 g/mol. The first kappa shape index (κ1) is 9.68. The summed E-state index contributed by atoms with van der Waals surface area (Å²) in [5.74, 6) is -0.334. The third-order valence-corrected chi connectivity index (χ3v) is 2.66. The van der Waals surface area contributed by atoms with Crippen LogP contribution in [-0.2, 0) is 0 Å². The topological polar surface area (TPSA) is 20.2 Å². The van der Waals surface area contributed by atoms with Gasteiger partial charge in [0.25, 0.3) is 0 Å². The molecule has 0 aliphatic rings. The number of benzene rings is 1. The molecule has 1 rings (SSSR count). The van der Waals surface area contributed by atoms with E-state index in [1.165, 1.54) is 0 Å². The molecule has 0 saturated carbocycles. The van der Waals surface area contributed by atoms with E-state index in [2.05, 4.69) is 15.9 Å². The van der Waals surface area contributed by atoms with Gasteiger partial charge in [-0.2, -0.15) is 0 Å². The second-order valence-electron chi connectivity index (χ2n) is 2.75. The van der Waals surface area contributed by atoms with Crippen molar-refractivity contribution in [3.8, 4) is 0 Å². The first-order chi connectivity index (χ1) is 5.54. The Kier molecular flexibility index (Phi) is 2.85. The summed E-state index contributed by atoms with van der Waals surface area (Å²) < 4.78 is 14.0. The minimum Gasteiger partial charge on any atom is -0.389 e. The molecule has 0 fully saturated rings. The highest BCUT2D eigenvalue weighted by molar-refractivity contribution is 9.10. The number of halogens is 2. The monoisotopic (exact) mass is 232 g/mol. The van der Waals surface area contributed by atoms with Gasteiger partial charge in [0.15, 0.2) is 0 Å². The first-order valence-electron chi connectivity index (χ1n) is 3.66. The number of hydrogen-bond donors (Lipinski definition) is 1. The smallest absolute Gasteiger partial charge is 0.133 e. The highest BCUT2D eigenvalue weighted by Crippen LogP contribution is 2.25. The Balaban J connectivity index is 3.27. The van der Waals surface area contributed by atoms with Gasteiger partial charge in [-0.05, 0) is 25.5 Å². The van der Waals surface area contributed by atoms with Gasteiger partial charge in [-0.25, -0.2) is 4.39 Å². The van der Waals surface area contributed by atoms with E-state index in [-0.39, 0.29) is 5.82 Å². The molecule has 1 aromatic carbocycles. The lowest BCUT2D eigenvalue weighted by molar-refractivity contribution is 0.194. The van der Waals surface area contributed by atoms with Crippen LogP contribution in [0.15, 0.2) is 16.6 Å². The third kappa shape index (κ3) is 1.67. The normalized spacial score (nSPS) is 13.1. The zero-order chi connectivity index (χ0) is 9.30. The van der Waals surface area contributed by atoms with Crippen molar-refractivity contribution in [2.45, 2.75) is 20.0 Å². The molecular formula is C9H10BrFO. The summed E-state index contributed by atoms with van der Waals surface area (Å²) in [5, 5.41) is 9.16. The van der Waals surface area contributed by atoms with Gasteiger partial charge in [0.05, 0.1) is 6.10 Å². The van der Waals surface area contributed by atoms with E-state index >= 15 is 0 Å². The maximum absolute atomic E-state index is 13.3. The largest absolute Gasteiger partial charge is 0.389 e. The van der Waals surface area contributed by atoms with Gasteiger partial charge in [-0.15, -0.1) is 0 Å². The van der Waals surface area contributed by atoms with Gasteiger partial charge in [0.2, 0.25) is 0 Å². The van der Waals surface area contributed by atoms with E-state index in [9.17, 15) is 4.39 Å². The quantitative estimate of drug-likeness (QED) is 0.790. The van der Waals surface area contributed by atoms with Crippen LogP contribution in [0.1, 0.15) is 24.2 Å². The van der Waals surface area contributed by atoms with Crippen LogP contribution < -0.4 is 0 Å². The Morgan fingerprint density at radius 3 is 2.58 bits per heavy atom. The average Bonchev–Trinajstić information content (AvgIpc) is 2.00. The SMILES string of the molecule is Cc1c(Br)ccc(C(C)O)c1F. The maximum atomic E-state index is 13.3. The molecule has 0 amide bonds. The van der Waals surface area contributed by atoms with Crippen LogP contribution in [0.5, 0.6) is 0 Å². The fourth-order valence-corrected chi connectivity index (χ4v) is 1.31. The van der Waals surface area contributed by atoms with E-state index in [1.54, 1.807) is 26.0 Å². The number of hydrogen-bond acceptors (Lipinski definition) is 1. The molecule has 1 N–H and O–H groups in total. The van der Waals surface area contributed by atoms with Crippen molar-refractivity contribution in [3.63, 3.8) is 0 Å². The van der Waals surface area contributed by atoms with Crippen LogP contribution in [0.25, 0.3) is 0 Å². The van der Waals surface area contributed by atoms with Crippen LogP contribution in [0.2, 0.25) is 0 Å². The average molecular weight is 233 g/mol. The van der Waals surface area contributed by atoms with E-state index in [4.69, 9.17) is 5.11 Å². The number of aliphatic hydroxyl groups is 1. The van der Waals surface area contributed by atoms with Gasteiger partial charge >= 0.3 is 0 Å². The fraction of sp³-hybridized carbons (Fsp3) is 0.333. The summed E-state index contributed by atoms with van der Waals surface area (Å²) in [6.45, 7) is 3.22. The second kappa shape index (κ2) is 3.54. The number of rotatable bonds is 1. The number of aliphatic hydroxyl groups excluding tert-OH is 1. The minimum atomic E-state index is -0.753. The molecule has 0 radical (unpaired) electrons. The van der Waals surface area contributed by atoms with Gasteiger partial charge in [0, 0.05) is 10.0 Å². The summed E-state index contributed by atoms with van der Waals surface area (Å²) in [4.78, 5) is 0. The molecule has 0 aromatic heterocycles. The van der Waals surface area contributed by atoms with Crippen molar-refractivity contribution in [1.29, 1.82) is 0 Å². The third-order valence-electron chi connectivity index (χ3n) is 1.80. The van der Waals surface area contributed by atoms with Gasteiger partial charge in [0.1, 0.15) is 5.82 Å². The Labute approximate surface area is 79.4 Å². The Morgan fingerprint density at radius 1 is 1.50 bits per heavy atom. The molecule has 0 aliphatic heterocycles. The summed E-state index contributed by atoms with van der Waals surface area (Å²) in [6.07, 6.45) is -0.753. The molecule has 0 heterocycles. The lowest BCUT2D eigenvalue weighted by Crippen LogP contribution is -1.98. The standard InChI is InChI=1S/C9H10BrFO/c1-5-8(10)4-3-7(6(2)12)9(5)11/h3-4,6,12H,1-2H3. The molecule has 1 atom stereocenters. The predicted molar refractivity (Wildman–Crippen MR) is 49.5 cm³/mol. The molecule has 66 valence electrons. The van der Waals surface area contributed by atoms with E-state index < -0.39 is 6.10 Å². The van der Waals surface area contributed by atoms with Gasteiger partial charge in [-0.1, -0.05) is 22.0 Å². The van der Waals surface area contributed by atoms with Crippen molar-refractivity contribution < 1.29 is 9.50 Å². The molecule has 3 heteroatoms. The highest BCUT2D eigenvalue weighted by atomic mass is 79.9. The molecule has 0 spiro atoms. The van der Waals surface area contributed by atoms with Gasteiger partial charge < -0.3 is 5.11 Å². The predicted octanol–water partition coefficient (Wildman–Crippen LogP) is 2.95. The van der Waals surface area contributed by atoms with E-state index in [0.717, 1.165) is 4.47 Å². The molecule has 1 aromatic rings. The molecule has 1 unspecified atom stereocenters. The van der Waals surface area contributed by atoms with Crippen molar-refractivity contribution in [2.24, 2.45) is 0 Å². The van der Waals surface area contributed by atoms with Crippen molar-refractivity contribution in [3.05, 3.63) is 33.5 Å².